The molecule has 0 saturated carbocycles. The molecule has 4 aromatic rings. The van der Waals surface area contributed by atoms with Crippen LogP contribution >= 0.6 is 0 Å². The Morgan fingerprint density at radius 3 is 2.71 bits per heavy atom. The average molecular weight is 465 g/mol. The zero-order chi connectivity index (χ0) is 23.9. The number of carbonyl (C=O) groups is 2. The molecule has 2 aromatic heterocycles. The summed E-state index contributed by atoms with van der Waals surface area (Å²) in [4.78, 5) is 38.2. The van der Waals surface area contributed by atoms with Crippen molar-refractivity contribution < 1.29 is 23.8 Å². The summed E-state index contributed by atoms with van der Waals surface area (Å²) >= 11 is 0. The number of carbonyl (C=O) groups excluding carboxylic acids is 2. The van der Waals surface area contributed by atoms with E-state index in [1.807, 2.05) is 36.4 Å². The molecule has 13 heteroatoms. The largest absolute Gasteiger partial charge is 0.483 e. The van der Waals surface area contributed by atoms with Gasteiger partial charge in [0.1, 0.15) is 12.3 Å². The third kappa shape index (κ3) is 5.51. The first-order valence-electron chi connectivity index (χ1n) is 10.2. The normalized spacial score (nSPS) is 10.7. The number of fused-ring (bicyclic) bond motifs is 1. The van der Waals surface area contributed by atoms with Crippen molar-refractivity contribution in [1.29, 1.82) is 0 Å². The fourth-order valence-electron chi connectivity index (χ4n) is 3.06. The lowest BCUT2D eigenvalue weighted by Gasteiger charge is -2.10. The van der Waals surface area contributed by atoms with Crippen molar-refractivity contribution in [2.75, 3.05) is 19.7 Å². The lowest BCUT2D eigenvalue weighted by molar-refractivity contribution is -0.389. The lowest BCUT2D eigenvalue weighted by atomic mass is 10.1. The molecule has 0 aliphatic heterocycles. The first kappa shape index (κ1) is 22.4. The molecule has 2 heterocycles. The average Bonchev–Trinajstić information content (AvgIpc) is 3.51. The van der Waals surface area contributed by atoms with E-state index in [2.05, 4.69) is 25.9 Å². The fourth-order valence-corrected chi connectivity index (χ4v) is 3.06. The molecule has 174 valence electrons. The SMILES string of the molecule is O=C(COc1cccc2ccccc12)NCCNC(=O)c1nc(Cn2ccc([N+](=O)[O-])n2)no1. The van der Waals surface area contributed by atoms with Crippen LogP contribution in [0.15, 0.2) is 59.3 Å². The van der Waals surface area contributed by atoms with Gasteiger partial charge in [-0.3, -0.25) is 9.59 Å². The number of hydrogen-bond donors (Lipinski definition) is 2. The maximum Gasteiger partial charge on any atom is 0.389 e. The van der Waals surface area contributed by atoms with Crippen LogP contribution in [0.25, 0.3) is 10.8 Å². The van der Waals surface area contributed by atoms with E-state index in [1.165, 1.54) is 16.9 Å². The van der Waals surface area contributed by atoms with Crippen molar-refractivity contribution in [1.82, 2.24) is 30.6 Å². The molecule has 0 fully saturated rings. The van der Waals surface area contributed by atoms with E-state index < -0.39 is 10.8 Å². The van der Waals surface area contributed by atoms with Crippen LogP contribution < -0.4 is 15.4 Å². The predicted octanol–water partition coefficient (Wildman–Crippen LogP) is 1.30. The monoisotopic (exact) mass is 465 g/mol. The number of nitrogens with zero attached hydrogens (tertiary/aromatic N) is 5. The van der Waals surface area contributed by atoms with Gasteiger partial charge in [-0.15, -0.1) is 0 Å². The first-order valence-corrected chi connectivity index (χ1v) is 10.2. The van der Waals surface area contributed by atoms with Crippen molar-refractivity contribution in [3.05, 3.63) is 76.6 Å². The van der Waals surface area contributed by atoms with Gasteiger partial charge in [-0.2, -0.15) is 9.67 Å². The van der Waals surface area contributed by atoms with Gasteiger partial charge in [-0.25, -0.2) is 0 Å². The van der Waals surface area contributed by atoms with E-state index in [-0.39, 0.29) is 49.7 Å². The Morgan fingerprint density at radius 1 is 1.09 bits per heavy atom. The second-order valence-corrected chi connectivity index (χ2v) is 7.02. The third-order valence-corrected chi connectivity index (χ3v) is 4.62. The highest BCUT2D eigenvalue weighted by Crippen LogP contribution is 2.24. The van der Waals surface area contributed by atoms with Crippen molar-refractivity contribution in [2.24, 2.45) is 0 Å². The molecule has 4 rings (SSSR count). The van der Waals surface area contributed by atoms with E-state index in [0.29, 0.717) is 5.75 Å². The Kier molecular flexibility index (Phi) is 6.72. The fraction of sp³-hybridized carbons (Fsp3) is 0.190. The maximum atomic E-state index is 12.1. The maximum absolute atomic E-state index is 12.1. The summed E-state index contributed by atoms with van der Waals surface area (Å²) in [6.07, 6.45) is 1.39. The number of nitro groups is 1. The topological polar surface area (TPSA) is 167 Å². The van der Waals surface area contributed by atoms with Crippen LogP contribution in [0.1, 0.15) is 16.5 Å². The van der Waals surface area contributed by atoms with Gasteiger partial charge in [0.25, 0.3) is 5.91 Å². The Balaban J connectivity index is 1.18. The molecule has 2 N–H and O–H groups in total. The minimum Gasteiger partial charge on any atom is -0.483 e. The summed E-state index contributed by atoms with van der Waals surface area (Å²) in [7, 11) is 0. The number of rotatable bonds is 10. The third-order valence-electron chi connectivity index (χ3n) is 4.62. The van der Waals surface area contributed by atoms with Gasteiger partial charge >= 0.3 is 17.6 Å². The molecule has 2 amide bonds. The van der Waals surface area contributed by atoms with Crippen LogP contribution in [0.3, 0.4) is 0 Å². The first-order chi connectivity index (χ1) is 16.5. The smallest absolute Gasteiger partial charge is 0.389 e. The molecule has 34 heavy (non-hydrogen) atoms. The number of hydrogen-bond acceptors (Lipinski definition) is 9. The Morgan fingerprint density at radius 2 is 1.88 bits per heavy atom. The van der Waals surface area contributed by atoms with Gasteiger partial charge in [0.2, 0.25) is 0 Å². The van der Waals surface area contributed by atoms with Crippen molar-refractivity contribution in [3.63, 3.8) is 0 Å². The van der Waals surface area contributed by atoms with Gasteiger partial charge in [-0.1, -0.05) is 41.6 Å². The Bertz CT molecular complexity index is 1330. The standard InChI is InChI=1S/C21H19N7O6/c29-19(13-33-16-7-3-5-14-4-1-2-6-15(14)16)22-9-10-23-20(30)21-24-17(26-34-21)12-27-11-8-18(25-27)28(31)32/h1-8,11H,9-10,12-13H2,(H,22,29)(H,23,30). The van der Waals surface area contributed by atoms with Crippen LogP contribution in [0.2, 0.25) is 0 Å². The van der Waals surface area contributed by atoms with Gasteiger partial charge in [-0.05, 0) is 16.4 Å². The van der Waals surface area contributed by atoms with E-state index >= 15 is 0 Å². The molecule has 2 aromatic carbocycles. The van der Waals surface area contributed by atoms with Crippen molar-refractivity contribution in [3.8, 4) is 5.75 Å². The van der Waals surface area contributed by atoms with Crippen LogP contribution in [0, 0.1) is 10.1 Å². The summed E-state index contributed by atoms with van der Waals surface area (Å²) in [5.41, 5.74) is 0. The number of nitrogens with one attached hydrogen (secondary N) is 2. The number of ether oxygens (including phenoxy) is 1. The van der Waals surface area contributed by atoms with E-state index in [4.69, 9.17) is 9.26 Å². The second-order valence-electron chi connectivity index (χ2n) is 7.02. The number of benzene rings is 2. The predicted molar refractivity (Wildman–Crippen MR) is 117 cm³/mol. The lowest BCUT2D eigenvalue weighted by Crippen LogP contribution is -2.36. The minimum atomic E-state index is -0.625. The molecule has 0 bridgehead atoms. The molecule has 13 nitrogen and oxygen atoms in total. The van der Waals surface area contributed by atoms with Crippen molar-refractivity contribution in [2.45, 2.75) is 6.54 Å². The van der Waals surface area contributed by atoms with Gasteiger partial charge in [0, 0.05) is 18.5 Å². The molecule has 0 atom stereocenters. The van der Waals surface area contributed by atoms with Gasteiger partial charge in [0.15, 0.2) is 12.4 Å². The summed E-state index contributed by atoms with van der Waals surface area (Å²) in [5.74, 6) is -0.809. The van der Waals surface area contributed by atoms with E-state index in [1.54, 1.807) is 6.07 Å². The molecule has 0 spiro atoms. The summed E-state index contributed by atoms with van der Waals surface area (Å²) < 4.78 is 11.8. The van der Waals surface area contributed by atoms with Crippen LogP contribution in [-0.4, -0.2) is 56.4 Å². The minimum absolute atomic E-state index is 0.00260. The number of aromatic nitrogens is 4. The Hall–Kier alpha value is -4.81. The van der Waals surface area contributed by atoms with Crippen LogP contribution in [0.4, 0.5) is 5.82 Å². The van der Waals surface area contributed by atoms with Gasteiger partial charge < -0.3 is 30.0 Å². The highest BCUT2D eigenvalue weighted by molar-refractivity contribution is 5.89. The molecular formula is C21H19N7O6. The van der Waals surface area contributed by atoms with Crippen LogP contribution in [-0.2, 0) is 11.3 Å². The second kappa shape index (κ2) is 10.2. The summed E-state index contributed by atoms with van der Waals surface area (Å²) in [5, 5.41) is 25.2. The van der Waals surface area contributed by atoms with E-state index in [9.17, 15) is 19.7 Å². The summed E-state index contributed by atoms with van der Waals surface area (Å²) in [6.45, 7) is 0.126. The summed E-state index contributed by atoms with van der Waals surface area (Å²) in [6, 6.07) is 14.5. The van der Waals surface area contributed by atoms with Crippen LogP contribution in [0.5, 0.6) is 5.75 Å². The zero-order valence-electron chi connectivity index (χ0n) is 17.7. The molecule has 0 unspecified atom stereocenters. The quantitative estimate of drug-likeness (QED) is 0.199. The highest BCUT2D eigenvalue weighted by Gasteiger charge is 2.17. The zero-order valence-corrected chi connectivity index (χ0v) is 17.7. The highest BCUT2D eigenvalue weighted by atomic mass is 16.6. The van der Waals surface area contributed by atoms with Gasteiger partial charge in [0.05, 0.1) is 17.4 Å². The molecule has 0 saturated heterocycles. The number of amides is 2. The molecule has 0 radical (unpaired) electrons. The van der Waals surface area contributed by atoms with Crippen molar-refractivity contribution >= 4 is 28.4 Å². The molecular weight excluding hydrogens is 446 g/mol. The van der Waals surface area contributed by atoms with E-state index in [0.717, 1.165) is 10.8 Å². The Labute approximate surface area is 191 Å². The molecule has 0 aliphatic carbocycles. The molecule has 0 aliphatic rings.